The number of likely N-dealkylation sites (N-methyl/N-ethyl adjacent to an activating group) is 1. The zero-order valence-electron chi connectivity index (χ0n) is 12.1. The molecule has 1 aliphatic heterocycles. The fourth-order valence-electron chi connectivity index (χ4n) is 2.22. The highest BCUT2D eigenvalue weighted by Crippen LogP contribution is 2.22. The maximum Gasteiger partial charge on any atom is 0.232 e. The molecule has 1 aliphatic rings. The SMILES string of the molecule is CCOc1ccc(SCC(=O)N(C)C2CCNC2)cc1. The van der Waals surface area contributed by atoms with Crippen molar-refractivity contribution in [1.82, 2.24) is 10.2 Å². The third-order valence-electron chi connectivity index (χ3n) is 3.47. The van der Waals surface area contributed by atoms with Crippen molar-refractivity contribution in [3.63, 3.8) is 0 Å². The van der Waals surface area contributed by atoms with Crippen LogP contribution in [-0.4, -0.2) is 49.3 Å². The number of carbonyl (C=O) groups is 1. The van der Waals surface area contributed by atoms with Crippen molar-refractivity contribution in [1.29, 1.82) is 0 Å². The van der Waals surface area contributed by atoms with Crippen molar-refractivity contribution in [3.05, 3.63) is 24.3 Å². The number of benzene rings is 1. The molecule has 1 fully saturated rings. The van der Waals surface area contributed by atoms with Gasteiger partial charge in [0.15, 0.2) is 0 Å². The van der Waals surface area contributed by atoms with E-state index in [1.165, 1.54) is 0 Å². The van der Waals surface area contributed by atoms with Gasteiger partial charge in [-0.1, -0.05) is 0 Å². The molecule has 110 valence electrons. The molecular weight excluding hydrogens is 272 g/mol. The summed E-state index contributed by atoms with van der Waals surface area (Å²) in [5.41, 5.74) is 0. The number of ether oxygens (including phenoxy) is 1. The molecule has 0 radical (unpaired) electrons. The quantitative estimate of drug-likeness (QED) is 0.815. The molecule has 1 aromatic rings. The van der Waals surface area contributed by atoms with Gasteiger partial charge < -0.3 is 15.0 Å². The summed E-state index contributed by atoms with van der Waals surface area (Å²) in [7, 11) is 1.90. The molecule has 20 heavy (non-hydrogen) atoms. The zero-order chi connectivity index (χ0) is 14.4. The Kier molecular flexibility index (Phi) is 5.73. The van der Waals surface area contributed by atoms with Gasteiger partial charge in [0.25, 0.3) is 0 Å². The lowest BCUT2D eigenvalue weighted by atomic mass is 10.2. The highest BCUT2D eigenvalue weighted by Gasteiger charge is 2.22. The van der Waals surface area contributed by atoms with E-state index in [1.807, 2.05) is 43.1 Å². The molecule has 1 atom stereocenters. The van der Waals surface area contributed by atoms with Gasteiger partial charge in [0.05, 0.1) is 12.4 Å². The van der Waals surface area contributed by atoms with Crippen LogP contribution in [0.1, 0.15) is 13.3 Å². The fraction of sp³-hybridized carbons (Fsp3) is 0.533. The number of nitrogens with one attached hydrogen (secondary N) is 1. The Bertz CT molecular complexity index is 430. The third-order valence-corrected chi connectivity index (χ3v) is 4.47. The number of hydrogen-bond acceptors (Lipinski definition) is 4. The van der Waals surface area contributed by atoms with Gasteiger partial charge in [-0.15, -0.1) is 11.8 Å². The van der Waals surface area contributed by atoms with E-state index in [9.17, 15) is 4.79 Å². The Balaban J connectivity index is 1.80. The first kappa shape index (κ1) is 15.2. The fourth-order valence-corrected chi connectivity index (χ4v) is 3.04. The Labute approximate surface area is 124 Å². The van der Waals surface area contributed by atoms with Gasteiger partial charge in [-0.3, -0.25) is 4.79 Å². The summed E-state index contributed by atoms with van der Waals surface area (Å²) in [6.07, 6.45) is 1.05. The first-order valence-electron chi connectivity index (χ1n) is 7.02. The second-order valence-electron chi connectivity index (χ2n) is 4.84. The van der Waals surface area contributed by atoms with Gasteiger partial charge in [0.1, 0.15) is 5.75 Å². The van der Waals surface area contributed by atoms with Crippen molar-refractivity contribution < 1.29 is 9.53 Å². The maximum atomic E-state index is 12.1. The number of rotatable bonds is 6. The number of thioether (sulfide) groups is 1. The molecule has 4 nitrogen and oxygen atoms in total. The van der Waals surface area contributed by atoms with Crippen LogP contribution in [0.15, 0.2) is 29.2 Å². The van der Waals surface area contributed by atoms with Crippen molar-refractivity contribution >= 4 is 17.7 Å². The second kappa shape index (κ2) is 7.55. The van der Waals surface area contributed by atoms with E-state index in [4.69, 9.17) is 4.74 Å². The molecule has 0 saturated carbocycles. The summed E-state index contributed by atoms with van der Waals surface area (Å²) in [5, 5.41) is 3.29. The van der Waals surface area contributed by atoms with Crippen LogP contribution in [0.25, 0.3) is 0 Å². The summed E-state index contributed by atoms with van der Waals surface area (Å²) in [5.74, 6) is 1.55. The van der Waals surface area contributed by atoms with Gasteiger partial charge in [-0.05, 0) is 44.2 Å². The predicted octanol–water partition coefficient (Wildman–Crippen LogP) is 2.00. The van der Waals surface area contributed by atoms with Gasteiger partial charge in [-0.2, -0.15) is 0 Å². The molecule has 0 aromatic heterocycles. The summed E-state index contributed by atoms with van der Waals surface area (Å²) in [4.78, 5) is 15.1. The minimum Gasteiger partial charge on any atom is -0.494 e. The van der Waals surface area contributed by atoms with Crippen molar-refractivity contribution in [2.75, 3.05) is 32.5 Å². The highest BCUT2D eigenvalue weighted by atomic mass is 32.2. The lowest BCUT2D eigenvalue weighted by molar-refractivity contribution is -0.128. The molecule has 5 heteroatoms. The van der Waals surface area contributed by atoms with Crippen molar-refractivity contribution in [2.45, 2.75) is 24.3 Å². The third kappa shape index (κ3) is 4.15. The van der Waals surface area contributed by atoms with Gasteiger partial charge in [-0.25, -0.2) is 0 Å². The zero-order valence-corrected chi connectivity index (χ0v) is 12.9. The molecule has 2 rings (SSSR count). The van der Waals surface area contributed by atoms with E-state index >= 15 is 0 Å². The van der Waals surface area contributed by atoms with Crippen LogP contribution in [0.2, 0.25) is 0 Å². The summed E-state index contributed by atoms with van der Waals surface area (Å²) in [6, 6.07) is 8.24. The largest absolute Gasteiger partial charge is 0.494 e. The number of carbonyl (C=O) groups excluding carboxylic acids is 1. The van der Waals surface area contributed by atoms with E-state index in [-0.39, 0.29) is 5.91 Å². The second-order valence-corrected chi connectivity index (χ2v) is 5.89. The number of nitrogens with zero attached hydrogens (tertiary/aromatic N) is 1. The Morgan fingerprint density at radius 2 is 2.20 bits per heavy atom. The average Bonchev–Trinajstić information content (AvgIpc) is 3.00. The Morgan fingerprint density at radius 3 is 2.80 bits per heavy atom. The van der Waals surface area contributed by atoms with E-state index in [0.29, 0.717) is 18.4 Å². The van der Waals surface area contributed by atoms with E-state index in [1.54, 1.807) is 11.8 Å². The monoisotopic (exact) mass is 294 g/mol. The topological polar surface area (TPSA) is 41.6 Å². The lowest BCUT2D eigenvalue weighted by Crippen LogP contribution is -2.39. The molecular formula is C15H22N2O2S. The smallest absolute Gasteiger partial charge is 0.232 e. The number of hydrogen-bond donors (Lipinski definition) is 1. The Hall–Kier alpha value is -1.20. The van der Waals surface area contributed by atoms with Crippen LogP contribution in [0, 0.1) is 0 Å². The van der Waals surface area contributed by atoms with Crippen LogP contribution in [0.4, 0.5) is 0 Å². The lowest BCUT2D eigenvalue weighted by Gasteiger charge is -2.23. The minimum atomic E-state index is 0.192. The van der Waals surface area contributed by atoms with Gasteiger partial charge >= 0.3 is 0 Å². The van der Waals surface area contributed by atoms with Crippen LogP contribution in [0.3, 0.4) is 0 Å². The molecule has 1 N–H and O–H groups in total. The standard InChI is InChI=1S/C15H22N2O2S/c1-3-19-13-4-6-14(7-5-13)20-11-15(18)17(2)12-8-9-16-10-12/h4-7,12,16H,3,8-11H2,1-2H3. The number of amides is 1. The Morgan fingerprint density at radius 1 is 1.45 bits per heavy atom. The minimum absolute atomic E-state index is 0.192. The summed E-state index contributed by atoms with van der Waals surface area (Å²) < 4.78 is 5.40. The first-order valence-corrected chi connectivity index (χ1v) is 8.01. The van der Waals surface area contributed by atoms with E-state index in [2.05, 4.69) is 5.32 Å². The van der Waals surface area contributed by atoms with Gasteiger partial charge in [0.2, 0.25) is 5.91 Å². The van der Waals surface area contributed by atoms with Crippen molar-refractivity contribution in [3.8, 4) is 5.75 Å². The van der Waals surface area contributed by atoms with E-state index in [0.717, 1.165) is 30.2 Å². The molecule has 0 spiro atoms. The molecule has 1 heterocycles. The first-order chi connectivity index (χ1) is 9.70. The average molecular weight is 294 g/mol. The normalized spacial score (nSPS) is 18.0. The van der Waals surface area contributed by atoms with E-state index < -0.39 is 0 Å². The van der Waals surface area contributed by atoms with Gasteiger partial charge in [0, 0.05) is 24.5 Å². The molecule has 1 saturated heterocycles. The summed E-state index contributed by atoms with van der Waals surface area (Å²) in [6.45, 7) is 4.56. The molecule has 1 unspecified atom stereocenters. The van der Waals surface area contributed by atoms with Crippen LogP contribution in [0.5, 0.6) is 5.75 Å². The van der Waals surface area contributed by atoms with Crippen molar-refractivity contribution in [2.24, 2.45) is 0 Å². The van der Waals surface area contributed by atoms with Crippen LogP contribution >= 0.6 is 11.8 Å². The predicted molar refractivity (Wildman–Crippen MR) is 82.4 cm³/mol. The molecule has 1 amide bonds. The maximum absolute atomic E-state index is 12.1. The van der Waals surface area contributed by atoms with Crippen LogP contribution in [-0.2, 0) is 4.79 Å². The summed E-state index contributed by atoms with van der Waals surface area (Å²) >= 11 is 1.58. The molecule has 1 aromatic carbocycles. The molecule has 0 aliphatic carbocycles. The van der Waals surface area contributed by atoms with Crippen LogP contribution < -0.4 is 10.1 Å². The highest BCUT2D eigenvalue weighted by molar-refractivity contribution is 8.00. The molecule has 0 bridgehead atoms.